The smallest absolute Gasteiger partial charge is 0.373 e. The van der Waals surface area contributed by atoms with Crippen LogP contribution in [0.2, 0.25) is 5.02 Å². The van der Waals surface area contributed by atoms with Gasteiger partial charge >= 0.3 is 18.0 Å². The molecule has 0 aliphatic carbocycles. The number of carbonyl (C=O) groups is 4. The number of urea groups is 1. The summed E-state index contributed by atoms with van der Waals surface area (Å²) in [6.07, 6.45) is 1.39. The molecule has 3 rings (SSSR count). The number of methoxy groups -OCH3 is 1. The average Bonchev–Trinajstić information content (AvgIpc) is 3.33. The number of nitrogens with one attached hydrogen (secondary N) is 1. The van der Waals surface area contributed by atoms with Crippen molar-refractivity contribution in [2.45, 2.75) is 13.5 Å². The van der Waals surface area contributed by atoms with E-state index < -0.39 is 30.5 Å². The molecular formula is C21H19ClN2O9. The van der Waals surface area contributed by atoms with E-state index in [9.17, 15) is 19.2 Å². The van der Waals surface area contributed by atoms with E-state index >= 15 is 0 Å². The molecule has 0 spiro atoms. The molecule has 0 unspecified atom stereocenters. The molecule has 0 saturated carbocycles. The molecule has 1 aromatic carbocycles. The number of hydrogen-bond acceptors (Lipinski definition) is 8. The van der Waals surface area contributed by atoms with E-state index in [1.165, 1.54) is 37.5 Å². The number of nitrogens with zero attached hydrogens (tertiary/aromatic N) is 1. The summed E-state index contributed by atoms with van der Waals surface area (Å²) in [5.41, 5.74) is 0.375. The van der Waals surface area contributed by atoms with Crippen molar-refractivity contribution < 1.29 is 42.9 Å². The van der Waals surface area contributed by atoms with Gasteiger partial charge in [0, 0.05) is 0 Å². The van der Waals surface area contributed by atoms with Gasteiger partial charge in [0.15, 0.2) is 18.1 Å². The molecule has 11 nitrogen and oxygen atoms in total. The molecule has 1 aromatic heterocycles. The highest BCUT2D eigenvalue weighted by atomic mass is 35.5. The maximum absolute atomic E-state index is 12.7. The van der Waals surface area contributed by atoms with Crippen LogP contribution in [0.3, 0.4) is 0 Å². The van der Waals surface area contributed by atoms with Crippen LogP contribution in [-0.4, -0.2) is 54.2 Å². The number of ether oxygens (including phenoxy) is 3. The zero-order chi connectivity index (χ0) is 24.1. The molecular weight excluding hydrogens is 460 g/mol. The highest BCUT2D eigenvalue weighted by Gasteiger charge is 2.34. The number of benzene rings is 1. The number of esters is 1. The summed E-state index contributed by atoms with van der Waals surface area (Å²) < 4.78 is 20.5. The Bertz CT molecular complexity index is 1140. The largest absolute Gasteiger partial charge is 0.490 e. The zero-order valence-electron chi connectivity index (χ0n) is 17.5. The first-order chi connectivity index (χ1) is 15.7. The third kappa shape index (κ3) is 5.44. The molecule has 1 aliphatic rings. The number of rotatable bonds is 9. The third-order valence-electron chi connectivity index (χ3n) is 4.31. The van der Waals surface area contributed by atoms with Crippen LogP contribution in [-0.2, 0) is 20.9 Å². The van der Waals surface area contributed by atoms with Gasteiger partial charge in [-0.3, -0.25) is 9.69 Å². The second-order valence-electron chi connectivity index (χ2n) is 6.58. The minimum Gasteiger partial charge on any atom is -0.490 e. The first-order valence-electron chi connectivity index (χ1n) is 9.56. The number of aliphatic carboxylic acids is 1. The van der Waals surface area contributed by atoms with E-state index in [4.69, 9.17) is 30.6 Å². The normalized spacial score (nSPS) is 14.4. The number of imide groups is 1. The molecule has 12 heteroatoms. The number of halogens is 1. The Labute approximate surface area is 192 Å². The molecule has 2 aromatic rings. The van der Waals surface area contributed by atoms with Crippen molar-refractivity contribution in [3.05, 3.63) is 52.1 Å². The number of furan rings is 1. The van der Waals surface area contributed by atoms with Crippen LogP contribution < -0.4 is 14.8 Å². The maximum Gasteiger partial charge on any atom is 0.373 e. The highest BCUT2D eigenvalue weighted by molar-refractivity contribution is 6.32. The van der Waals surface area contributed by atoms with E-state index in [2.05, 4.69) is 10.1 Å². The number of amides is 3. The minimum absolute atomic E-state index is 0.0301. The monoisotopic (exact) mass is 478 g/mol. The van der Waals surface area contributed by atoms with Gasteiger partial charge in [0.05, 0.1) is 25.3 Å². The fourth-order valence-electron chi connectivity index (χ4n) is 2.92. The Balaban J connectivity index is 1.82. The molecule has 0 atom stereocenters. The van der Waals surface area contributed by atoms with Crippen molar-refractivity contribution in [1.82, 2.24) is 10.2 Å². The molecule has 174 valence electrons. The number of hydrogen-bond donors (Lipinski definition) is 2. The van der Waals surface area contributed by atoms with Gasteiger partial charge in [-0.05, 0) is 42.8 Å². The standard InChI is InChI=1S/C21H19ClN2O9/c1-3-31-16-8-11(6-13(22)18(16)32-10-17(25)26)7-14-19(27)24(21(29)23-14)9-12-4-5-15(33-12)20(28)30-2/h4-8H,3,9-10H2,1-2H3,(H,23,29)(H,25,26)/b14-7-. The minimum atomic E-state index is -1.19. The highest BCUT2D eigenvalue weighted by Crippen LogP contribution is 2.37. The molecule has 33 heavy (non-hydrogen) atoms. The summed E-state index contributed by atoms with van der Waals surface area (Å²) in [5, 5.41) is 11.4. The molecule has 1 saturated heterocycles. The van der Waals surface area contributed by atoms with Crippen LogP contribution in [0.15, 0.2) is 34.4 Å². The quantitative estimate of drug-likeness (QED) is 0.315. The van der Waals surface area contributed by atoms with E-state index in [0.29, 0.717) is 5.56 Å². The summed E-state index contributed by atoms with van der Waals surface area (Å²) in [7, 11) is 1.20. The first kappa shape index (κ1) is 23.7. The summed E-state index contributed by atoms with van der Waals surface area (Å²) in [6.45, 7) is 1.15. The third-order valence-corrected chi connectivity index (χ3v) is 4.59. The second-order valence-corrected chi connectivity index (χ2v) is 6.99. The Hall–Kier alpha value is -3.99. The van der Waals surface area contributed by atoms with Crippen LogP contribution >= 0.6 is 11.6 Å². The van der Waals surface area contributed by atoms with Gasteiger partial charge < -0.3 is 29.1 Å². The van der Waals surface area contributed by atoms with Crippen LogP contribution in [0.1, 0.15) is 28.8 Å². The molecule has 1 fully saturated rings. The Kier molecular flexibility index (Phi) is 7.23. The van der Waals surface area contributed by atoms with Crippen molar-refractivity contribution in [3.8, 4) is 11.5 Å². The van der Waals surface area contributed by atoms with Crippen molar-refractivity contribution in [2.24, 2.45) is 0 Å². The Morgan fingerprint density at radius 1 is 1.24 bits per heavy atom. The van der Waals surface area contributed by atoms with Gasteiger partial charge in [-0.1, -0.05) is 11.6 Å². The maximum atomic E-state index is 12.7. The van der Waals surface area contributed by atoms with Gasteiger partial charge in [-0.25, -0.2) is 14.4 Å². The van der Waals surface area contributed by atoms with Crippen LogP contribution in [0.5, 0.6) is 11.5 Å². The predicted molar refractivity (Wildman–Crippen MR) is 113 cm³/mol. The zero-order valence-corrected chi connectivity index (χ0v) is 18.3. The number of carbonyl (C=O) groups excluding carboxylic acids is 3. The van der Waals surface area contributed by atoms with Crippen molar-refractivity contribution >= 4 is 41.6 Å². The summed E-state index contributed by atoms with van der Waals surface area (Å²) in [5.74, 6) is -2.12. The molecule has 0 radical (unpaired) electrons. The lowest BCUT2D eigenvalue weighted by molar-refractivity contribution is -0.139. The lowest BCUT2D eigenvalue weighted by Gasteiger charge is -2.13. The summed E-state index contributed by atoms with van der Waals surface area (Å²) in [6, 6.07) is 5.09. The topological polar surface area (TPSA) is 145 Å². The van der Waals surface area contributed by atoms with Gasteiger partial charge in [-0.2, -0.15) is 0 Å². The van der Waals surface area contributed by atoms with Gasteiger partial charge in [-0.15, -0.1) is 0 Å². The van der Waals surface area contributed by atoms with Crippen LogP contribution in [0.25, 0.3) is 6.08 Å². The van der Waals surface area contributed by atoms with Crippen molar-refractivity contribution in [2.75, 3.05) is 20.3 Å². The fourth-order valence-corrected chi connectivity index (χ4v) is 3.19. The summed E-state index contributed by atoms with van der Waals surface area (Å²) in [4.78, 5) is 48.3. The van der Waals surface area contributed by atoms with Crippen molar-refractivity contribution in [1.29, 1.82) is 0 Å². The average molecular weight is 479 g/mol. The van der Waals surface area contributed by atoms with Gasteiger partial charge in [0.2, 0.25) is 5.76 Å². The van der Waals surface area contributed by atoms with E-state index in [-0.39, 0.29) is 46.9 Å². The molecule has 2 N–H and O–H groups in total. The lowest BCUT2D eigenvalue weighted by Crippen LogP contribution is -2.30. The van der Waals surface area contributed by atoms with E-state index in [0.717, 1.165) is 4.90 Å². The Morgan fingerprint density at radius 3 is 2.67 bits per heavy atom. The van der Waals surface area contributed by atoms with Crippen molar-refractivity contribution in [3.63, 3.8) is 0 Å². The second kappa shape index (κ2) is 10.1. The molecule has 3 amide bonds. The molecule has 2 heterocycles. The predicted octanol–water partition coefficient (Wildman–Crippen LogP) is 2.67. The number of carboxylic acid groups (broad SMARTS) is 1. The van der Waals surface area contributed by atoms with Crippen LogP contribution in [0.4, 0.5) is 4.79 Å². The SMILES string of the molecule is CCOc1cc(/C=C2\NC(=O)N(Cc3ccc(C(=O)OC)o3)C2=O)cc(Cl)c1OCC(=O)O. The first-order valence-corrected chi connectivity index (χ1v) is 9.93. The van der Waals surface area contributed by atoms with Crippen LogP contribution in [0, 0.1) is 0 Å². The van der Waals surface area contributed by atoms with Gasteiger partial charge in [0.25, 0.3) is 5.91 Å². The lowest BCUT2D eigenvalue weighted by atomic mass is 10.1. The van der Waals surface area contributed by atoms with E-state index in [1.54, 1.807) is 6.92 Å². The molecule has 0 bridgehead atoms. The van der Waals surface area contributed by atoms with E-state index in [1.807, 2.05) is 0 Å². The fraction of sp³-hybridized carbons (Fsp3) is 0.238. The molecule has 1 aliphatic heterocycles. The number of carboxylic acids is 1. The summed E-state index contributed by atoms with van der Waals surface area (Å²) >= 11 is 6.22. The Morgan fingerprint density at radius 2 is 2.00 bits per heavy atom. The van der Waals surface area contributed by atoms with Gasteiger partial charge in [0.1, 0.15) is 11.5 Å².